The Kier molecular flexibility index (Phi) is 3.08. The highest BCUT2D eigenvalue weighted by molar-refractivity contribution is 5.92. The summed E-state index contributed by atoms with van der Waals surface area (Å²) >= 11 is 0. The lowest BCUT2D eigenvalue weighted by atomic mass is 10.3. The van der Waals surface area contributed by atoms with Gasteiger partial charge in [-0.1, -0.05) is 0 Å². The van der Waals surface area contributed by atoms with E-state index >= 15 is 0 Å². The number of nitrogens with zero attached hydrogens (tertiary/aromatic N) is 2. The van der Waals surface area contributed by atoms with Crippen LogP contribution in [0.2, 0.25) is 0 Å². The zero-order valence-corrected chi connectivity index (χ0v) is 8.72. The molecule has 15 heavy (non-hydrogen) atoms. The van der Waals surface area contributed by atoms with E-state index in [4.69, 9.17) is 5.11 Å². The largest absolute Gasteiger partial charge is 0.477 e. The number of esters is 1. The monoisotopic (exact) mass is 212 g/mol. The number of methoxy groups -OCH3 is 1. The number of carboxylic acids is 1. The van der Waals surface area contributed by atoms with Gasteiger partial charge >= 0.3 is 11.9 Å². The summed E-state index contributed by atoms with van der Waals surface area (Å²) in [6.45, 7) is 3.56. The highest BCUT2D eigenvalue weighted by Gasteiger charge is 2.20. The zero-order chi connectivity index (χ0) is 11.6. The third-order valence-corrected chi connectivity index (χ3v) is 1.84. The molecule has 0 aliphatic heterocycles. The average molecular weight is 212 g/mol. The molecule has 0 aliphatic carbocycles. The summed E-state index contributed by atoms with van der Waals surface area (Å²) in [5, 5.41) is 12.7. The van der Waals surface area contributed by atoms with Crippen molar-refractivity contribution in [3.63, 3.8) is 0 Å². The molecule has 0 saturated carbocycles. The van der Waals surface area contributed by atoms with Crippen LogP contribution in [0.15, 0.2) is 6.07 Å². The Hall–Kier alpha value is -1.85. The Morgan fingerprint density at radius 1 is 1.53 bits per heavy atom. The van der Waals surface area contributed by atoms with Crippen LogP contribution in [0.1, 0.15) is 40.9 Å². The minimum atomic E-state index is -1.12. The smallest absolute Gasteiger partial charge is 0.358 e. The van der Waals surface area contributed by atoms with Crippen molar-refractivity contribution in [2.45, 2.75) is 19.9 Å². The summed E-state index contributed by atoms with van der Waals surface area (Å²) in [7, 11) is 1.22. The molecule has 0 bridgehead atoms. The fourth-order valence-corrected chi connectivity index (χ4v) is 1.15. The molecule has 1 rings (SSSR count). The van der Waals surface area contributed by atoms with Crippen LogP contribution in [0.3, 0.4) is 0 Å². The van der Waals surface area contributed by atoms with Crippen molar-refractivity contribution < 1.29 is 19.4 Å². The first-order valence-electron chi connectivity index (χ1n) is 4.38. The highest BCUT2D eigenvalue weighted by atomic mass is 16.5. The number of hydrogen-bond acceptors (Lipinski definition) is 4. The third-order valence-electron chi connectivity index (χ3n) is 1.84. The van der Waals surface area contributed by atoms with Gasteiger partial charge in [0.25, 0.3) is 0 Å². The summed E-state index contributed by atoms with van der Waals surface area (Å²) in [4.78, 5) is 22.0. The van der Waals surface area contributed by atoms with E-state index in [1.54, 1.807) is 13.8 Å². The fraction of sp³-hybridized carbons (Fsp3) is 0.444. The van der Waals surface area contributed by atoms with Gasteiger partial charge in [-0.05, 0) is 13.8 Å². The maximum Gasteiger partial charge on any atom is 0.358 e. The van der Waals surface area contributed by atoms with Gasteiger partial charge in [-0.3, -0.25) is 4.68 Å². The molecule has 82 valence electrons. The molecule has 6 nitrogen and oxygen atoms in total. The third kappa shape index (κ3) is 2.15. The van der Waals surface area contributed by atoms with Gasteiger partial charge in [-0.15, -0.1) is 0 Å². The minimum absolute atomic E-state index is 0.00333. The highest BCUT2D eigenvalue weighted by Crippen LogP contribution is 2.12. The molecule has 0 atom stereocenters. The molecule has 0 amide bonds. The van der Waals surface area contributed by atoms with E-state index in [9.17, 15) is 9.59 Å². The predicted octanol–water partition coefficient (Wildman–Crippen LogP) is 0.949. The molecule has 0 spiro atoms. The molecule has 0 aromatic carbocycles. The maximum atomic E-state index is 11.1. The summed E-state index contributed by atoms with van der Waals surface area (Å²) in [6, 6.07) is 1.07. The number of aromatic carboxylic acids is 1. The van der Waals surface area contributed by atoms with Crippen molar-refractivity contribution in [1.82, 2.24) is 9.78 Å². The Balaban J connectivity index is 3.21. The Bertz CT molecular complexity index is 395. The van der Waals surface area contributed by atoms with Crippen LogP contribution in [-0.2, 0) is 4.74 Å². The van der Waals surface area contributed by atoms with Crippen LogP contribution in [-0.4, -0.2) is 33.9 Å². The van der Waals surface area contributed by atoms with Crippen molar-refractivity contribution in [1.29, 1.82) is 0 Å². The average Bonchev–Trinajstić information content (AvgIpc) is 2.61. The van der Waals surface area contributed by atoms with Crippen LogP contribution in [0.25, 0.3) is 0 Å². The van der Waals surface area contributed by atoms with Gasteiger partial charge in [-0.25, -0.2) is 9.59 Å². The molecule has 0 unspecified atom stereocenters. The molecule has 0 aliphatic rings. The quantitative estimate of drug-likeness (QED) is 0.754. The Morgan fingerprint density at radius 3 is 2.47 bits per heavy atom. The molecule has 1 aromatic heterocycles. The Morgan fingerprint density at radius 2 is 2.13 bits per heavy atom. The van der Waals surface area contributed by atoms with Gasteiger partial charge in [-0.2, -0.15) is 5.10 Å². The molecule has 0 saturated heterocycles. The van der Waals surface area contributed by atoms with E-state index in [-0.39, 0.29) is 17.4 Å². The first kappa shape index (κ1) is 11.2. The molecule has 6 heteroatoms. The van der Waals surface area contributed by atoms with Gasteiger partial charge < -0.3 is 9.84 Å². The second-order valence-electron chi connectivity index (χ2n) is 3.25. The first-order valence-corrected chi connectivity index (χ1v) is 4.38. The van der Waals surface area contributed by atoms with Crippen LogP contribution < -0.4 is 0 Å². The van der Waals surface area contributed by atoms with Gasteiger partial charge in [0.05, 0.1) is 7.11 Å². The van der Waals surface area contributed by atoms with E-state index in [0.717, 1.165) is 0 Å². The van der Waals surface area contributed by atoms with Gasteiger partial charge in [0.15, 0.2) is 5.69 Å². The van der Waals surface area contributed by atoms with E-state index in [0.29, 0.717) is 0 Å². The topological polar surface area (TPSA) is 81.4 Å². The van der Waals surface area contributed by atoms with E-state index < -0.39 is 11.9 Å². The first-order chi connectivity index (χ1) is 6.97. The van der Waals surface area contributed by atoms with Crippen molar-refractivity contribution in [3.05, 3.63) is 17.5 Å². The molecule has 1 aromatic rings. The summed E-state index contributed by atoms with van der Waals surface area (Å²) in [5.74, 6) is -1.76. The van der Waals surface area contributed by atoms with Gasteiger partial charge in [0, 0.05) is 12.1 Å². The lowest BCUT2D eigenvalue weighted by molar-refractivity contribution is 0.0591. The summed E-state index contributed by atoms with van der Waals surface area (Å²) in [6.07, 6.45) is 0. The number of rotatable bonds is 3. The summed E-state index contributed by atoms with van der Waals surface area (Å²) < 4.78 is 5.73. The van der Waals surface area contributed by atoms with E-state index in [1.165, 1.54) is 17.9 Å². The van der Waals surface area contributed by atoms with Gasteiger partial charge in [0.1, 0.15) is 5.69 Å². The van der Waals surface area contributed by atoms with Crippen molar-refractivity contribution in [2.24, 2.45) is 0 Å². The summed E-state index contributed by atoms with van der Waals surface area (Å²) in [5.41, 5.74) is -0.0194. The molecular formula is C9H12N2O4. The van der Waals surface area contributed by atoms with Crippen molar-refractivity contribution in [3.8, 4) is 0 Å². The number of hydrogen-bond donors (Lipinski definition) is 1. The zero-order valence-electron chi connectivity index (χ0n) is 8.72. The second kappa shape index (κ2) is 4.12. The van der Waals surface area contributed by atoms with E-state index in [2.05, 4.69) is 9.84 Å². The second-order valence-corrected chi connectivity index (χ2v) is 3.25. The predicted molar refractivity (Wildman–Crippen MR) is 50.9 cm³/mol. The van der Waals surface area contributed by atoms with Gasteiger partial charge in [0.2, 0.25) is 0 Å². The van der Waals surface area contributed by atoms with Crippen LogP contribution in [0.5, 0.6) is 0 Å². The number of carboxylic acid groups (broad SMARTS) is 1. The lowest BCUT2D eigenvalue weighted by Gasteiger charge is -2.06. The number of aromatic nitrogens is 2. The molecule has 1 N–H and O–H groups in total. The Labute approximate surface area is 86.5 Å². The SMILES string of the molecule is COC(=O)c1cc(C(=O)O)n(C(C)C)n1. The molecule has 0 fully saturated rings. The van der Waals surface area contributed by atoms with Crippen LogP contribution in [0.4, 0.5) is 0 Å². The lowest BCUT2D eigenvalue weighted by Crippen LogP contribution is -2.12. The van der Waals surface area contributed by atoms with E-state index in [1.807, 2.05) is 0 Å². The van der Waals surface area contributed by atoms with Crippen molar-refractivity contribution >= 4 is 11.9 Å². The maximum absolute atomic E-state index is 11.1. The number of carbonyl (C=O) groups excluding carboxylic acids is 1. The molecule has 0 radical (unpaired) electrons. The van der Waals surface area contributed by atoms with Crippen LogP contribution in [0, 0.1) is 0 Å². The normalized spacial score (nSPS) is 10.4. The minimum Gasteiger partial charge on any atom is -0.477 e. The van der Waals surface area contributed by atoms with Crippen molar-refractivity contribution in [2.75, 3.05) is 7.11 Å². The number of ether oxygens (including phenoxy) is 1. The fourth-order valence-electron chi connectivity index (χ4n) is 1.15. The number of carbonyl (C=O) groups is 2. The standard InChI is InChI=1S/C9H12N2O4/c1-5(2)11-7(8(12)13)4-6(10-11)9(14)15-3/h4-5H,1-3H3,(H,12,13). The molecule has 1 heterocycles. The molecular weight excluding hydrogens is 200 g/mol. The van der Waals surface area contributed by atoms with Crippen LogP contribution >= 0.6 is 0 Å².